The molecule has 1 heterocycles. The van der Waals surface area contributed by atoms with Crippen molar-refractivity contribution in [2.75, 3.05) is 26.4 Å². The van der Waals surface area contributed by atoms with Crippen LogP contribution in [0, 0.1) is 0 Å². The normalized spacial score (nSPS) is 12.0. The maximum Gasteiger partial charge on any atom is 0.190 e. The number of hydrogen-bond acceptors (Lipinski definition) is 5. The van der Waals surface area contributed by atoms with Gasteiger partial charge in [0, 0.05) is 43.8 Å². The van der Waals surface area contributed by atoms with Gasteiger partial charge < -0.3 is 10.6 Å². The Morgan fingerprint density at radius 2 is 1.67 bits per heavy atom. The highest BCUT2D eigenvalue weighted by molar-refractivity contribution is 7.90. The summed E-state index contributed by atoms with van der Waals surface area (Å²) in [6.45, 7) is 1.44. The van der Waals surface area contributed by atoms with Crippen LogP contribution in [0.4, 0.5) is 0 Å². The summed E-state index contributed by atoms with van der Waals surface area (Å²) in [4.78, 5) is 9.29. The van der Waals surface area contributed by atoms with E-state index >= 15 is 0 Å². The third kappa shape index (κ3) is 6.40. The maximum absolute atomic E-state index is 11.5. The van der Waals surface area contributed by atoms with Crippen molar-refractivity contribution in [2.45, 2.75) is 17.7 Å². The Morgan fingerprint density at radius 3 is 2.30 bits per heavy atom. The first-order valence-electron chi connectivity index (χ1n) is 9.69. The molecular weight excluding hydrogens is 416 g/mol. The minimum absolute atomic E-state index is 0.342. The molecule has 0 aliphatic heterocycles. The molecule has 0 aliphatic carbocycles. The van der Waals surface area contributed by atoms with E-state index in [-0.39, 0.29) is 0 Å². The number of nitrogens with one attached hydrogen (secondary N) is 2. The average Bonchev–Trinajstić information content (AvgIpc) is 3.22. The Hall–Kier alpha value is -2.71. The van der Waals surface area contributed by atoms with Gasteiger partial charge in [-0.05, 0) is 24.1 Å². The highest BCUT2D eigenvalue weighted by Crippen LogP contribution is 2.23. The number of benzene rings is 2. The number of aromatic nitrogens is 1. The Morgan fingerprint density at radius 1 is 1.00 bits per heavy atom. The van der Waals surface area contributed by atoms with E-state index in [1.54, 1.807) is 30.5 Å². The molecule has 8 heteroatoms. The van der Waals surface area contributed by atoms with Crippen molar-refractivity contribution in [3.8, 4) is 10.6 Å². The zero-order chi connectivity index (χ0) is 21.4. The first-order chi connectivity index (χ1) is 14.5. The van der Waals surface area contributed by atoms with Crippen LogP contribution in [0.25, 0.3) is 10.6 Å². The van der Waals surface area contributed by atoms with Gasteiger partial charge in [0.25, 0.3) is 0 Å². The third-order valence-electron chi connectivity index (χ3n) is 4.53. The number of nitrogens with zero attached hydrogens (tertiary/aromatic N) is 2. The molecule has 0 saturated heterocycles. The van der Waals surface area contributed by atoms with Crippen LogP contribution in [-0.2, 0) is 22.7 Å². The molecule has 0 atom stereocenters. The van der Waals surface area contributed by atoms with E-state index in [0.717, 1.165) is 47.2 Å². The van der Waals surface area contributed by atoms with E-state index in [9.17, 15) is 8.42 Å². The number of thiazole rings is 1. The van der Waals surface area contributed by atoms with Gasteiger partial charge in [-0.25, -0.2) is 13.4 Å². The highest BCUT2D eigenvalue weighted by atomic mass is 32.2. The predicted octanol–water partition coefficient (Wildman–Crippen LogP) is 3.16. The van der Waals surface area contributed by atoms with Crippen LogP contribution in [0.5, 0.6) is 0 Å². The molecule has 0 amide bonds. The number of guanidine groups is 1. The summed E-state index contributed by atoms with van der Waals surface area (Å²) < 4.78 is 23.0. The predicted molar refractivity (Wildman–Crippen MR) is 124 cm³/mol. The summed E-state index contributed by atoms with van der Waals surface area (Å²) in [5.41, 5.74) is 3.28. The second-order valence-corrected chi connectivity index (χ2v) is 9.73. The summed E-state index contributed by atoms with van der Waals surface area (Å²) >= 11 is 1.66. The molecule has 30 heavy (non-hydrogen) atoms. The Kier molecular flexibility index (Phi) is 7.59. The van der Waals surface area contributed by atoms with E-state index in [1.165, 1.54) is 6.26 Å². The lowest BCUT2D eigenvalue weighted by Crippen LogP contribution is -2.39. The summed E-state index contributed by atoms with van der Waals surface area (Å²) in [7, 11) is -1.41. The van der Waals surface area contributed by atoms with E-state index < -0.39 is 9.84 Å². The fourth-order valence-corrected chi connectivity index (χ4v) is 4.38. The smallest absolute Gasteiger partial charge is 0.190 e. The first kappa shape index (κ1) is 22.0. The summed E-state index contributed by atoms with van der Waals surface area (Å²) in [6.07, 6.45) is 2.81. The van der Waals surface area contributed by atoms with Gasteiger partial charge in [0.05, 0.1) is 10.6 Å². The Labute approximate surface area is 182 Å². The molecule has 6 nitrogen and oxygen atoms in total. The standard InChI is InChI=1S/C22H26N4O2S2/c1-23-22(24-14-12-17-8-10-20(11-9-17)30(2,27)28)25-15-13-19-16-29-21(26-19)18-6-4-3-5-7-18/h3-11,16H,12-15H2,1-2H3,(H2,23,24,25). The van der Waals surface area contributed by atoms with Crippen LogP contribution >= 0.6 is 11.3 Å². The number of hydrogen-bond donors (Lipinski definition) is 2. The first-order valence-corrected chi connectivity index (χ1v) is 12.5. The van der Waals surface area contributed by atoms with Crippen molar-refractivity contribution in [2.24, 2.45) is 4.99 Å². The van der Waals surface area contributed by atoms with Crippen molar-refractivity contribution in [3.63, 3.8) is 0 Å². The average molecular weight is 443 g/mol. The van der Waals surface area contributed by atoms with Crippen molar-refractivity contribution in [1.82, 2.24) is 15.6 Å². The van der Waals surface area contributed by atoms with E-state index in [1.807, 2.05) is 30.3 Å². The van der Waals surface area contributed by atoms with Gasteiger partial charge in [-0.15, -0.1) is 11.3 Å². The maximum atomic E-state index is 11.5. The fourth-order valence-electron chi connectivity index (χ4n) is 2.89. The molecule has 1 aromatic heterocycles. The molecule has 0 radical (unpaired) electrons. The summed E-state index contributed by atoms with van der Waals surface area (Å²) in [5.74, 6) is 0.737. The van der Waals surface area contributed by atoms with E-state index in [4.69, 9.17) is 4.98 Å². The van der Waals surface area contributed by atoms with Gasteiger partial charge in [0.2, 0.25) is 0 Å². The van der Waals surface area contributed by atoms with Gasteiger partial charge in [-0.1, -0.05) is 42.5 Å². The lowest BCUT2D eigenvalue weighted by atomic mass is 10.1. The zero-order valence-electron chi connectivity index (χ0n) is 17.1. The van der Waals surface area contributed by atoms with Gasteiger partial charge in [-0.2, -0.15) is 0 Å². The number of sulfone groups is 1. The molecule has 0 bridgehead atoms. The molecule has 0 aliphatic rings. The van der Waals surface area contributed by atoms with Gasteiger partial charge in [-0.3, -0.25) is 4.99 Å². The topological polar surface area (TPSA) is 83.5 Å². The van der Waals surface area contributed by atoms with Crippen LogP contribution in [0.1, 0.15) is 11.3 Å². The van der Waals surface area contributed by atoms with Crippen LogP contribution < -0.4 is 10.6 Å². The Balaban J connectivity index is 1.41. The molecule has 0 fully saturated rings. The SMILES string of the molecule is CN=C(NCCc1ccc(S(C)(=O)=O)cc1)NCCc1csc(-c2ccccc2)n1. The molecule has 2 N–H and O–H groups in total. The van der Waals surface area contributed by atoms with Crippen LogP contribution in [0.15, 0.2) is 69.9 Å². The quantitative estimate of drug-likeness (QED) is 0.414. The van der Waals surface area contributed by atoms with Crippen LogP contribution in [0.2, 0.25) is 0 Å². The van der Waals surface area contributed by atoms with Crippen LogP contribution in [0.3, 0.4) is 0 Å². The molecule has 3 rings (SSSR count). The van der Waals surface area contributed by atoms with Crippen molar-refractivity contribution in [1.29, 1.82) is 0 Å². The monoisotopic (exact) mass is 442 g/mol. The van der Waals surface area contributed by atoms with Crippen molar-refractivity contribution in [3.05, 3.63) is 71.2 Å². The van der Waals surface area contributed by atoms with Gasteiger partial charge in [0.15, 0.2) is 15.8 Å². The van der Waals surface area contributed by atoms with Crippen molar-refractivity contribution < 1.29 is 8.42 Å². The summed E-state index contributed by atoms with van der Waals surface area (Å²) in [5, 5.41) is 9.72. The van der Waals surface area contributed by atoms with Crippen LogP contribution in [-0.4, -0.2) is 45.8 Å². The molecule has 2 aromatic carbocycles. The third-order valence-corrected chi connectivity index (χ3v) is 6.60. The second-order valence-electron chi connectivity index (χ2n) is 6.85. The molecule has 0 spiro atoms. The molecular formula is C22H26N4O2S2. The molecule has 158 valence electrons. The zero-order valence-corrected chi connectivity index (χ0v) is 18.8. The van der Waals surface area contributed by atoms with Gasteiger partial charge >= 0.3 is 0 Å². The minimum atomic E-state index is -3.15. The number of rotatable bonds is 8. The lowest BCUT2D eigenvalue weighted by Gasteiger charge is -2.11. The lowest BCUT2D eigenvalue weighted by molar-refractivity contribution is 0.602. The second kappa shape index (κ2) is 10.4. The fraction of sp³-hybridized carbons (Fsp3) is 0.273. The highest BCUT2D eigenvalue weighted by Gasteiger charge is 2.07. The molecule has 0 saturated carbocycles. The molecule has 0 unspecified atom stereocenters. The van der Waals surface area contributed by atoms with E-state index in [2.05, 4.69) is 33.1 Å². The largest absolute Gasteiger partial charge is 0.356 e. The van der Waals surface area contributed by atoms with Crippen molar-refractivity contribution >= 4 is 27.1 Å². The summed E-state index contributed by atoms with van der Waals surface area (Å²) in [6, 6.07) is 17.2. The number of aliphatic imine (C=N–C) groups is 1. The Bertz CT molecular complexity index is 1080. The molecule has 3 aromatic rings. The van der Waals surface area contributed by atoms with E-state index in [0.29, 0.717) is 11.4 Å². The minimum Gasteiger partial charge on any atom is -0.356 e. The van der Waals surface area contributed by atoms with Gasteiger partial charge in [0.1, 0.15) is 5.01 Å².